The van der Waals surface area contributed by atoms with Crippen LogP contribution in [-0.4, -0.2) is 71.5 Å². The number of rotatable bonds is 5. The highest BCUT2D eigenvalue weighted by molar-refractivity contribution is 7.89. The van der Waals surface area contributed by atoms with Gasteiger partial charge in [0.2, 0.25) is 26.0 Å². The van der Waals surface area contributed by atoms with Gasteiger partial charge in [0.25, 0.3) is 0 Å². The molecule has 16 heteroatoms. The third kappa shape index (κ3) is 8.38. The summed E-state index contributed by atoms with van der Waals surface area (Å²) in [6.07, 6.45) is 2.02. The highest BCUT2D eigenvalue weighted by Gasteiger charge is 2.20. The number of sulfonamides is 2. The average molecular weight is 631 g/mol. The maximum atomic E-state index is 14.0. The van der Waals surface area contributed by atoms with E-state index in [2.05, 4.69) is 47.2 Å². The molecule has 0 atom stereocenters. The molecule has 0 saturated heterocycles. The molecule has 228 valence electrons. The Morgan fingerprint density at radius 2 is 1.95 bits per heavy atom. The van der Waals surface area contributed by atoms with Gasteiger partial charge in [-0.15, -0.1) is 0 Å². The lowest BCUT2D eigenvalue weighted by Crippen LogP contribution is -2.28. The smallest absolute Gasteiger partial charge is 0.321 e. The molecule has 1 aliphatic rings. The van der Waals surface area contributed by atoms with Crippen LogP contribution >= 0.6 is 0 Å². The highest BCUT2D eigenvalue weighted by Crippen LogP contribution is 2.26. The standard InChI is InChI=1S/C27H31FN8O5S2/c1-18-8-9-23(28)24(13-18)43(40,41)32-11-5-4-7-19-17-30-26-33-20-14-21(34-27(37)36(2)3)16-22(15-20)42(38,39)31-12-6-10-29-25(19)35-26/h8-9,13-17,31-32H,5-6,10-12H2,1-3H3,(H,34,37)(H2,29,30,33,35). The van der Waals surface area contributed by atoms with Crippen LogP contribution in [0.25, 0.3) is 0 Å². The van der Waals surface area contributed by atoms with Gasteiger partial charge >= 0.3 is 6.03 Å². The number of halogens is 1. The topological polar surface area (TPSA) is 175 Å². The Hall–Kier alpha value is -4.30. The molecule has 4 rings (SSSR count). The Balaban J connectivity index is 1.53. The SMILES string of the molecule is Cc1ccc(F)c(S(=O)(=O)NCCC#Cc2cnc3nc2NCCCNS(=O)(=O)c2cc(NC(=O)N(C)C)cc(c2)N3)c1. The zero-order valence-electron chi connectivity index (χ0n) is 23.7. The molecule has 0 radical (unpaired) electrons. The predicted molar refractivity (Wildman–Crippen MR) is 161 cm³/mol. The number of carbonyl (C=O) groups is 1. The number of aromatic nitrogens is 2. The minimum absolute atomic E-state index is 0.0465. The van der Waals surface area contributed by atoms with Gasteiger partial charge in [0.05, 0.1) is 16.7 Å². The van der Waals surface area contributed by atoms with E-state index in [-0.39, 0.29) is 36.0 Å². The number of hydrogen-bond acceptors (Lipinski definition) is 9. The van der Waals surface area contributed by atoms with Crippen LogP contribution in [0.1, 0.15) is 24.0 Å². The van der Waals surface area contributed by atoms with E-state index < -0.39 is 36.8 Å². The molecule has 0 saturated carbocycles. The summed E-state index contributed by atoms with van der Waals surface area (Å²) in [6.45, 7) is 2.12. The minimum atomic E-state index is -4.05. The zero-order valence-corrected chi connectivity index (χ0v) is 25.3. The molecule has 1 aliphatic heterocycles. The van der Waals surface area contributed by atoms with E-state index in [0.717, 1.165) is 6.07 Å². The first-order valence-electron chi connectivity index (χ1n) is 13.1. The quantitative estimate of drug-likeness (QED) is 0.210. The monoisotopic (exact) mass is 630 g/mol. The fourth-order valence-electron chi connectivity index (χ4n) is 3.82. The molecule has 4 bridgehead atoms. The summed E-state index contributed by atoms with van der Waals surface area (Å²) >= 11 is 0. The molecule has 1 aromatic heterocycles. The Bertz CT molecular complexity index is 1810. The van der Waals surface area contributed by atoms with Gasteiger partial charge in [-0.1, -0.05) is 17.9 Å². The molecular formula is C27H31FN8O5S2. The number of fused-ring (bicyclic) bond motifs is 4. The number of aryl methyl sites for hydroxylation is 1. The predicted octanol–water partition coefficient (Wildman–Crippen LogP) is 2.58. The van der Waals surface area contributed by atoms with Gasteiger partial charge in [0.15, 0.2) is 0 Å². The first-order chi connectivity index (χ1) is 20.3. The van der Waals surface area contributed by atoms with Crippen molar-refractivity contribution >= 4 is 49.2 Å². The van der Waals surface area contributed by atoms with Gasteiger partial charge in [0, 0.05) is 51.5 Å². The molecule has 13 nitrogen and oxygen atoms in total. The van der Waals surface area contributed by atoms with Crippen molar-refractivity contribution in [2.24, 2.45) is 0 Å². The van der Waals surface area contributed by atoms with E-state index in [0.29, 0.717) is 35.6 Å². The maximum Gasteiger partial charge on any atom is 0.321 e. The minimum Gasteiger partial charge on any atom is -0.369 e. The van der Waals surface area contributed by atoms with Gasteiger partial charge in [-0.25, -0.2) is 40.4 Å². The second-order valence-electron chi connectivity index (χ2n) is 9.71. The summed E-state index contributed by atoms with van der Waals surface area (Å²) in [6, 6.07) is 7.72. The molecule has 2 heterocycles. The van der Waals surface area contributed by atoms with Crippen LogP contribution in [0.5, 0.6) is 0 Å². The first kappa shape index (κ1) is 31.6. The van der Waals surface area contributed by atoms with E-state index in [4.69, 9.17) is 0 Å². The fraction of sp³-hybridized carbons (Fsp3) is 0.296. The van der Waals surface area contributed by atoms with Crippen LogP contribution in [0.4, 0.5) is 32.3 Å². The van der Waals surface area contributed by atoms with Crippen molar-refractivity contribution < 1.29 is 26.0 Å². The lowest BCUT2D eigenvalue weighted by atomic mass is 10.2. The maximum absolute atomic E-state index is 14.0. The number of hydrogen-bond donors (Lipinski definition) is 5. The van der Waals surface area contributed by atoms with Crippen molar-refractivity contribution in [1.29, 1.82) is 0 Å². The summed E-state index contributed by atoms with van der Waals surface area (Å²) in [4.78, 5) is 21.8. The number of nitrogens with one attached hydrogen (secondary N) is 5. The largest absolute Gasteiger partial charge is 0.369 e. The van der Waals surface area contributed by atoms with Crippen LogP contribution in [0.3, 0.4) is 0 Å². The third-order valence-electron chi connectivity index (χ3n) is 6.00. The first-order valence-corrected chi connectivity index (χ1v) is 16.1. The Morgan fingerprint density at radius 3 is 2.72 bits per heavy atom. The van der Waals surface area contributed by atoms with Crippen molar-refractivity contribution in [3.05, 3.63) is 59.5 Å². The van der Waals surface area contributed by atoms with Crippen molar-refractivity contribution in [3.63, 3.8) is 0 Å². The molecule has 5 N–H and O–H groups in total. The summed E-state index contributed by atoms with van der Waals surface area (Å²) in [5.74, 6) is 5.48. The zero-order chi connectivity index (χ0) is 31.2. The molecule has 3 aromatic rings. The van der Waals surface area contributed by atoms with Crippen LogP contribution in [0, 0.1) is 24.6 Å². The van der Waals surface area contributed by atoms with E-state index in [1.54, 1.807) is 27.1 Å². The Kier molecular flexibility index (Phi) is 9.81. The second kappa shape index (κ2) is 13.3. The number of carbonyl (C=O) groups excluding carboxylic acids is 1. The van der Waals surface area contributed by atoms with E-state index in [1.165, 1.54) is 35.4 Å². The van der Waals surface area contributed by atoms with E-state index in [1.807, 2.05) is 0 Å². The fourth-order valence-corrected chi connectivity index (χ4v) is 6.15. The van der Waals surface area contributed by atoms with Crippen molar-refractivity contribution in [3.8, 4) is 11.8 Å². The molecule has 0 spiro atoms. The molecular weight excluding hydrogens is 599 g/mol. The lowest BCUT2D eigenvalue weighted by molar-refractivity contribution is 0.230. The van der Waals surface area contributed by atoms with Crippen LogP contribution in [-0.2, 0) is 20.0 Å². The molecule has 43 heavy (non-hydrogen) atoms. The number of anilines is 4. The van der Waals surface area contributed by atoms with Gasteiger partial charge in [-0.05, 0) is 49.2 Å². The highest BCUT2D eigenvalue weighted by atomic mass is 32.2. The number of nitrogens with zero attached hydrogens (tertiary/aromatic N) is 3. The third-order valence-corrected chi connectivity index (χ3v) is 8.92. The van der Waals surface area contributed by atoms with E-state index >= 15 is 0 Å². The molecule has 0 fully saturated rings. The van der Waals surface area contributed by atoms with Crippen LogP contribution < -0.4 is 25.4 Å². The summed E-state index contributed by atoms with van der Waals surface area (Å²) < 4.78 is 69.8. The van der Waals surface area contributed by atoms with E-state index in [9.17, 15) is 26.0 Å². The molecule has 2 amide bonds. The van der Waals surface area contributed by atoms with Gasteiger partial charge in [0.1, 0.15) is 16.5 Å². The van der Waals surface area contributed by atoms with Gasteiger partial charge < -0.3 is 20.9 Å². The second-order valence-corrected chi connectivity index (χ2v) is 13.2. The van der Waals surface area contributed by atoms with Gasteiger partial charge in [-0.2, -0.15) is 4.98 Å². The van der Waals surface area contributed by atoms with Crippen molar-refractivity contribution in [1.82, 2.24) is 24.3 Å². The van der Waals surface area contributed by atoms with Crippen LogP contribution in [0.15, 0.2) is 52.4 Å². The van der Waals surface area contributed by atoms with Gasteiger partial charge in [-0.3, -0.25) is 0 Å². The molecule has 0 aliphatic carbocycles. The normalized spacial score (nSPS) is 14.3. The number of urea groups is 1. The Labute approximate surface area is 249 Å². The lowest BCUT2D eigenvalue weighted by Gasteiger charge is -2.15. The number of benzene rings is 2. The molecule has 0 unspecified atom stereocenters. The summed E-state index contributed by atoms with van der Waals surface area (Å²) in [5, 5.41) is 8.75. The molecule has 2 aromatic carbocycles. The summed E-state index contributed by atoms with van der Waals surface area (Å²) in [5.41, 5.74) is 1.61. The van der Waals surface area contributed by atoms with Crippen molar-refractivity contribution in [2.45, 2.75) is 29.6 Å². The van der Waals surface area contributed by atoms with Crippen LogP contribution in [0.2, 0.25) is 0 Å². The van der Waals surface area contributed by atoms with Crippen molar-refractivity contribution in [2.75, 3.05) is 49.7 Å². The number of amides is 2. The summed E-state index contributed by atoms with van der Waals surface area (Å²) in [7, 11) is -4.82. The Morgan fingerprint density at radius 1 is 1.16 bits per heavy atom. The average Bonchev–Trinajstić information content (AvgIpc) is 2.94.